The van der Waals surface area contributed by atoms with Crippen LogP contribution in [-0.2, 0) is 11.3 Å². The highest BCUT2D eigenvalue weighted by Crippen LogP contribution is 2.29. The van der Waals surface area contributed by atoms with Gasteiger partial charge in [-0.3, -0.25) is 10.1 Å². The van der Waals surface area contributed by atoms with Crippen LogP contribution in [0.2, 0.25) is 5.02 Å². The molecule has 22 heavy (non-hydrogen) atoms. The van der Waals surface area contributed by atoms with Crippen LogP contribution in [-0.4, -0.2) is 18.0 Å². The number of nitro groups is 1. The van der Waals surface area contributed by atoms with Gasteiger partial charge in [0.05, 0.1) is 17.6 Å². The van der Waals surface area contributed by atoms with Gasteiger partial charge in [0.1, 0.15) is 6.61 Å². The summed E-state index contributed by atoms with van der Waals surface area (Å²) in [5, 5.41) is 11.7. The predicted octanol–water partition coefficient (Wildman–Crippen LogP) is 3.61. The molecule has 0 unspecified atom stereocenters. The molecule has 0 aliphatic carbocycles. The first-order valence-corrected chi connectivity index (χ1v) is 6.63. The summed E-state index contributed by atoms with van der Waals surface area (Å²) >= 11 is 5.86. The second-order valence-corrected chi connectivity index (χ2v) is 4.79. The molecule has 0 fully saturated rings. The molecule has 2 aromatic rings. The van der Waals surface area contributed by atoms with E-state index in [1.165, 1.54) is 19.2 Å². The molecule has 7 heteroatoms. The lowest BCUT2D eigenvalue weighted by molar-refractivity contribution is -0.386. The van der Waals surface area contributed by atoms with Crippen LogP contribution in [0.4, 0.5) is 5.69 Å². The lowest BCUT2D eigenvalue weighted by Gasteiger charge is -2.08. The van der Waals surface area contributed by atoms with Crippen LogP contribution in [0.1, 0.15) is 15.9 Å². The van der Waals surface area contributed by atoms with Crippen molar-refractivity contribution in [2.45, 2.75) is 6.61 Å². The lowest BCUT2D eigenvalue weighted by Crippen LogP contribution is -2.04. The van der Waals surface area contributed by atoms with Gasteiger partial charge in [0.15, 0.2) is 5.75 Å². The number of carbonyl (C=O) groups is 1. The lowest BCUT2D eigenvalue weighted by atomic mass is 10.2. The molecule has 2 rings (SSSR count). The summed E-state index contributed by atoms with van der Waals surface area (Å²) in [7, 11) is 1.21. The highest BCUT2D eigenvalue weighted by Gasteiger charge is 2.19. The van der Waals surface area contributed by atoms with Crippen LogP contribution >= 0.6 is 11.6 Å². The zero-order valence-corrected chi connectivity index (χ0v) is 12.4. The first-order valence-electron chi connectivity index (χ1n) is 6.25. The summed E-state index contributed by atoms with van der Waals surface area (Å²) in [6.45, 7) is 0.124. The molecular weight excluding hydrogens is 310 g/mol. The van der Waals surface area contributed by atoms with Crippen molar-refractivity contribution in [2.24, 2.45) is 0 Å². The number of halogens is 1. The van der Waals surface area contributed by atoms with E-state index < -0.39 is 10.9 Å². The Kier molecular flexibility index (Phi) is 4.95. The van der Waals surface area contributed by atoms with Crippen LogP contribution in [0, 0.1) is 10.1 Å². The third-order valence-corrected chi connectivity index (χ3v) is 3.10. The maximum atomic E-state index is 11.4. The summed E-state index contributed by atoms with van der Waals surface area (Å²) in [4.78, 5) is 21.9. The molecule has 0 radical (unpaired) electrons. The van der Waals surface area contributed by atoms with Gasteiger partial charge in [-0.25, -0.2) is 4.79 Å². The Morgan fingerprint density at radius 1 is 1.27 bits per heavy atom. The minimum absolute atomic E-state index is 0.0672. The Morgan fingerprint density at radius 2 is 2.05 bits per heavy atom. The molecule has 0 heterocycles. The number of esters is 1. The monoisotopic (exact) mass is 321 g/mol. The Hall–Kier alpha value is -2.60. The first kappa shape index (κ1) is 15.8. The van der Waals surface area contributed by atoms with Gasteiger partial charge in [-0.05, 0) is 29.8 Å². The highest BCUT2D eigenvalue weighted by molar-refractivity contribution is 6.30. The van der Waals surface area contributed by atoms with Crippen LogP contribution in [0.15, 0.2) is 42.5 Å². The van der Waals surface area contributed by atoms with E-state index >= 15 is 0 Å². The number of nitro benzene ring substituents is 1. The topological polar surface area (TPSA) is 78.7 Å². The largest absolute Gasteiger partial charge is 0.482 e. The minimum Gasteiger partial charge on any atom is -0.482 e. The summed E-state index contributed by atoms with van der Waals surface area (Å²) < 4.78 is 9.99. The van der Waals surface area contributed by atoms with Crippen LogP contribution in [0.25, 0.3) is 0 Å². The van der Waals surface area contributed by atoms with Crippen LogP contribution < -0.4 is 4.74 Å². The van der Waals surface area contributed by atoms with Crippen molar-refractivity contribution in [3.63, 3.8) is 0 Å². The molecule has 0 saturated carbocycles. The third-order valence-electron chi connectivity index (χ3n) is 2.86. The van der Waals surface area contributed by atoms with Crippen molar-refractivity contribution >= 4 is 23.3 Å². The van der Waals surface area contributed by atoms with Crippen molar-refractivity contribution in [1.82, 2.24) is 0 Å². The quantitative estimate of drug-likeness (QED) is 0.477. The summed E-state index contributed by atoms with van der Waals surface area (Å²) in [5.41, 5.74) is 0.563. The van der Waals surface area contributed by atoms with Gasteiger partial charge >= 0.3 is 11.7 Å². The molecule has 0 spiro atoms. The average Bonchev–Trinajstić information content (AvgIpc) is 2.52. The summed E-state index contributed by atoms with van der Waals surface area (Å²) in [6.07, 6.45) is 0. The molecule has 2 aromatic carbocycles. The Morgan fingerprint density at radius 3 is 2.68 bits per heavy atom. The van der Waals surface area contributed by atoms with Gasteiger partial charge in [0, 0.05) is 11.1 Å². The average molecular weight is 322 g/mol. The molecule has 0 aromatic heterocycles. The second kappa shape index (κ2) is 6.91. The summed E-state index contributed by atoms with van der Waals surface area (Å²) in [6, 6.07) is 10.9. The zero-order chi connectivity index (χ0) is 16.1. The minimum atomic E-state index is -0.649. The van der Waals surface area contributed by atoms with E-state index in [0.29, 0.717) is 5.02 Å². The fourth-order valence-corrected chi connectivity index (χ4v) is 2.03. The van der Waals surface area contributed by atoms with Gasteiger partial charge in [-0.15, -0.1) is 0 Å². The molecule has 114 valence electrons. The van der Waals surface area contributed by atoms with Gasteiger partial charge in [0.2, 0.25) is 0 Å². The number of rotatable bonds is 5. The number of hydrogen-bond donors (Lipinski definition) is 0. The number of hydrogen-bond acceptors (Lipinski definition) is 5. The molecule has 0 saturated heterocycles. The van der Waals surface area contributed by atoms with Crippen molar-refractivity contribution in [2.75, 3.05) is 7.11 Å². The molecule has 0 aliphatic rings. The van der Waals surface area contributed by atoms with Gasteiger partial charge in [0.25, 0.3) is 0 Å². The van der Waals surface area contributed by atoms with Gasteiger partial charge < -0.3 is 9.47 Å². The van der Waals surface area contributed by atoms with E-state index in [4.69, 9.17) is 16.3 Å². The number of benzene rings is 2. The molecule has 6 nitrogen and oxygen atoms in total. The van der Waals surface area contributed by atoms with Crippen molar-refractivity contribution in [3.05, 3.63) is 68.7 Å². The number of ether oxygens (including phenoxy) is 2. The number of carbonyl (C=O) groups excluding carboxylic acids is 1. The first-order chi connectivity index (χ1) is 10.5. The molecule has 0 aliphatic heterocycles. The number of methoxy groups -OCH3 is 1. The normalized spacial score (nSPS) is 10.1. The maximum Gasteiger partial charge on any atom is 0.338 e. The molecule has 0 N–H and O–H groups in total. The highest BCUT2D eigenvalue weighted by atomic mass is 35.5. The van der Waals surface area contributed by atoms with Crippen LogP contribution in [0.5, 0.6) is 5.75 Å². The van der Waals surface area contributed by atoms with Crippen molar-refractivity contribution in [3.8, 4) is 5.75 Å². The van der Waals surface area contributed by atoms with E-state index in [9.17, 15) is 14.9 Å². The third kappa shape index (κ3) is 3.73. The van der Waals surface area contributed by atoms with E-state index in [-0.39, 0.29) is 23.6 Å². The van der Waals surface area contributed by atoms with E-state index in [2.05, 4.69) is 4.74 Å². The summed E-state index contributed by atoms with van der Waals surface area (Å²) in [5.74, 6) is -0.581. The van der Waals surface area contributed by atoms with Crippen LogP contribution in [0.3, 0.4) is 0 Å². The number of nitrogens with zero attached hydrogens (tertiary/aromatic N) is 1. The van der Waals surface area contributed by atoms with Gasteiger partial charge in [-0.2, -0.15) is 0 Å². The predicted molar refractivity (Wildman–Crippen MR) is 80.2 cm³/mol. The Balaban J connectivity index is 2.23. The molecule has 0 bridgehead atoms. The smallest absolute Gasteiger partial charge is 0.338 e. The molecule has 0 atom stereocenters. The van der Waals surface area contributed by atoms with E-state index in [0.717, 1.165) is 11.6 Å². The fraction of sp³-hybridized carbons (Fsp3) is 0.133. The van der Waals surface area contributed by atoms with Crippen molar-refractivity contribution in [1.29, 1.82) is 0 Å². The Bertz CT molecular complexity index is 717. The molecule has 0 amide bonds. The SMILES string of the molecule is COC(=O)c1ccc(OCc2cccc(Cl)c2)c([N+](=O)[O-])c1. The van der Waals surface area contributed by atoms with E-state index in [1.54, 1.807) is 24.3 Å². The maximum absolute atomic E-state index is 11.4. The van der Waals surface area contributed by atoms with Crippen molar-refractivity contribution < 1.29 is 19.2 Å². The van der Waals surface area contributed by atoms with Gasteiger partial charge in [-0.1, -0.05) is 23.7 Å². The Labute approximate surface area is 131 Å². The second-order valence-electron chi connectivity index (χ2n) is 4.35. The standard InChI is InChI=1S/C15H12ClNO5/c1-21-15(18)11-5-6-14(13(8-11)17(19)20)22-9-10-3-2-4-12(16)7-10/h2-8H,9H2,1H3. The fourth-order valence-electron chi connectivity index (χ4n) is 1.81. The molecular formula is C15H12ClNO5. The zero-order valence-electron chi connectivity index (χ0n) is 11.6. The van der Waals surface area contributed by atoms with E-state index in [1.807, 2.05) is 0 Å².